The van der Waals surface area contributed by atoms with Gasteiger partial charge in [0.05, 0.1) is 5.60 Å². The van der Waals surface area contributed by atoms with Gasteiger partial charge in [0, 0.05) is 5.75 Å². The van der Waals surface area contributed by atoms with E-state index in [2.05, 4.69) is 20.8 Å². The Morgan fingerprint density at radius 1 is 1.06 bits per heavy atom. The average molecular weight is 258 g/mol. The van der Waals surface area contributed by atoms with Crippen LogP contribution in [-0.2, 0) is 0 Å². The zero-order valence-electron chi connectivity index (χ0n) is 11.9. The van der Waals surface area contributed by atoms with E-state index in [4.69, 9.17) is 0 Å². The molecule has 1 saturated heterocycles. The van der Waals surface area contributed by atoms with Gasteiger partial charge in [0.2, 0.25) is 0 Å². The van der Waals surface area contributed by atoms with E-state index in [1.165, 1.54) is 44.3 Å². The van der Waals surface area contributed by atoms with E-state index >= 15 is 0 Å². The van der Waals surface area contributed by atoms with E-state index in [1.54, 1.807) is 0 Å². The molecule has 1 nitrogen and oxygen atoms in total. The first-order chi connectivity index (χ1) is 8.02. The van der Waals surface area contributed by atoms with Crippen molar-refractivity contribution in [3.05, 3.63) is 0 Å². The maximum Gasteiger partial charge on any atom is 0.0788 e. The van der Waals surface area contributed by atoms with Crippen LogP contribution in [0.25, 0.3) is 0 Å². The van der Waals surface area contributed by atoms with E-state index in [0.29, 0.717) is 0 Å². The van der Waals surface area contributed by atoms with Crippen LogP contribution in [0.5, 0.6) is 0 Å². The first-order valence-corrected chi connectivity index (χ1v) is 8.47. The van der Waals surface area contributed by atoms with Crippen molar-refractivity contribution in [2.24, 2.45) is 5.41 Å². The fraction of sp³-hybridized carbons (Fsp3) is 1.00. The minimum atomic E-state index is -0.416. The Labute approximate surface area is 112 Å². The van der Waals surface area contributed by atoms with Crippen molar-refractivity contribution in [3.63, 3.8) is 0 Å². The van der Waals surface area contributed by atoms with Gasteiger partial charge in [-0.2, -0.15) is 11.8 Å². The lowest BCUT2D eigenvalue weighted by molar-refractivity contribution is -0.0599. The van der Waals surface area contributed by atoms with E-state index in [9.17, 15) is 5.11 Å². The molecule has 0 spiro atoms. The summed E-state index contributed by atoms with van der Waals surface area (Å²) in [5, 5.41) is 10.8. The third-order valence-electron chi connectivity index (χ3n) is 4.42. The van der Waals surface area contributed by atoms with Crippen LogP contribution >= 0.6 is 11.8 Å². The van der Waals surface area contributed by atoms with Crippen molar-refractivity contribution >= 4 is 11.8 Å². The van der Waals surface area contributed by atoms with Crippen LogP contribution in [0.2, 0.25) is 0 Å². The summed E-state index contributed by atoms with van der Waals surface area (Å²) in [5.74, 6) is 2.15. The summed E-state index contributed by atoms with van der Waals surface area (Å²) >= 11 is 1.93. The average Bonchev–Trinajstić information content (AvgIpc) is 2.28. The topological polar surface area (TPSA) is 20.2 Å². The Morgan fingerprint density at radius 3 is 2.35 bits per heavy atom. The maximum absolute atomic E-state index is 10.8. The minimum absolute atomic E-state index is 0.113. The van der Waals surface area contributed by atoms with Gasteiger partial charge < -0.3 is 5.11 Å². The summed E-state index contributed by atoms with van der Waals surface area (Å²) in [5.41, 5.74) is -0.303. The van der Waals surface area contributed by atoms with Gasteiger partial charge in [-0.25, -0.2) is 0 Å². The predicted octanol–water partition coefficient (Wildman–Crippen LogP) is 4.63. The monoisotopic (exact) mass is 258 g/mol. The first-order valence-electron chi connectivity index (χ1n) is 7.32. The van der Waals surface area contributed by atoms with Crippen LogP contribution in [0, 0.1) is 5.41 Å². The van der Waals surface area contributed by atoms with Crippen molar-refractivity contribution in [2.45, 2.75) is 77.7 Å². The Bertz CT molecular complexity index is 215. The lowest BCUT2D eigenvalue weighted by Gasteiger charge is -2.46. The second-order valence-electron chi connectivity index (χ2n) is 6.24. The highest BCUT2D eigenvalue weighted by atomic mass is 32.2. The Kier molecular flexibility index (Phi) is 6.36. The highest BCUT2D eigenvalue weighted by Crippen LogP contribution is 2.44. The molecule has 0 radical (unpaired) electrons. The summed E-state index contributed by atoms with van der Waals surface area (Å²) in [6.45, 7) is 6.73. The standard InChI is InChI=1S/C15H30OS/c1-4-5-6-7-8-9-10-15(16)13-17-12-11-14(15,2)3/h16H,4-13H2,1-3H3. The molecule has 1 aliphatic heterocycles. The summed E-state index contributed by atoms with van der Waals surface area (Å²) < 4.78 is 0. The third-order valence-corrected chi connectivity index (χ3v) is 5.59. The summed E-state index contributed by atoms with van der Waals surface area (Å²) in [7, 11) is 0. The maximum atomic E-state index is 10.8. The van der Waals surface area contributed by atoms with Crippen LogP contribution < -0.4 is 0 Å². The highest BCUT2D eigenvalue weighted by molar-refractivity contribution is 7.99. The van der Waals surface area contributed by atoms with Gasteiger partial charge in [0.15, 0.2) is 0 Å². The number of hydrogen-bond donors (Lipinski definition) is 1. The van der Waals surface area contributed by atoms with E-state index in [-0.39, 0.29) is 5.41 Å². The van der Waals surface area contributed by atoms with Crippen LogP contribution in [0.15, 0.2) is 0 Å². The second kappa shape index (κ2) is 7.04. The van der Waals surface area contributed by atoms with E-state index in [0.717, 1.165) is 18.6 Å². The Morgan fingerprint density at radius 2 is 1.71 bits per heavy atom. The third kappa shape index (κ3) is 4.48. The lowest BCUT2D eigenvalue weighted by Crippen LogP contribution is -2.49. The largest absolute Gasteiger partial charge is 0.388 e. The molecule has 1 rings (SSSR count). The molecular formula is C15H30OS. The molecule has 0 amide bonds. The molecule has 0 bridgehead atoms. The zero-order chi connectivity index (χ0) is 12.8. The van der Waals surface area contributed by atoms with Gasteiger partial charge in [0.25, 0.3) is 0 Å². The summed E-state index contributed by atoms with van der Waals surface area (Å²) in [4.78, 5) is 0. The summed E-state index contributed by atoms with van der Waals surface area (Å²) in [6, 6.07) is 0. The zero-order valence-corrected chi connectivity index (χ0v) is 12.7. The number of unbranched alkanes of at least 4 members (excludes halogenated alkanes) is 5. The molecule has 1 N–H and O–H groups in total. The van der Waals surface area contributed by atoms with E-state index in [1.807, 2.05) is 11.8 Å². The smallest absolute Gasteiger partial charge is 0.0788 e. The molecule has 0 saturated carbocycles. The second-order valence-corrected chi connectivity index (χ2v) is 7.34. The molecule has 17 heavy (non-hydrogen) atoms. The molecule has 1 unspecified atom stereocenters. The number of rotatable bonds is 7. The fourth-order valence-electron chi connectivity index (χ4n) is 2.60. The molecule has 102 valence electrons. The minimum Gasteiger partial charge on any atom is -0.388 e. The molecule has 1 heterocycles. The molecular weight excluding hydrogens is 228 g/mol. The van der Waals surface area contributed by atoms with Crippen LogP contribution in [-0.4, -0.2) is 22.2 Å². The van der Waals surface area contributed by atoms with Gasteiger partial charge in [-0.1, -0.05) is 59.3 Å². The molecule has 1 fully saturated rings. The summed E-state index contributed by atoms with van der Waals surface area (Å²) in [6.07, 6.45) is 10.0. The molecule has 0 aromatic rings. The van der Waals surface area contributed by atoms with Crippen molar-refractivity contribution in [2.75, 3.05) is 11.5 Å². The molecule has 0 aromatic carbocycles. The molecule has 0 aliphatic carbocycles. The van der Waals surface area contributed by atoms with Gasteiger partial charge in [-0.05, 0) is 24.0 Å². The lowest BCUT2D eigenvalue weighted by atomic mass is 9.71. The number of thioether (sulfide) groups is 1. The molecule has 1 atom stereocenters. The molecule has 0 aromatic heterocycles. The number of hydrogen-bond acceptors (Lipinski definition) is 2. The quantitative estimate of drug-likeness (QED) is 0.672. The van der Waals surface area contributed by atoms with Crippen LogP contribution in [0.1, 0.15) is 72.1 Å². The van der Waals surface area contributed by atoms with Gasteiger partial charge >= 0.3 is 0 Å². The van der Waals surface area contributed by atoms with Crippen LogP contribution in [0.3, 0.4) is 0 Å². The predicted molar refractivity (Wildman–Crippen MR) is 78.7 cm³/mol. The van der Waals surface area contributed by atoms with E-state index < -0.39 is 5.60 Å². The van der Waals surface area contributed by atoms with Crippen molar-refractivity contribution in [1.82, 2.24) is 0 Å². The Hall–Kier alpha value is 0.310. The normalized spacial score (nSPS) is 28.2. The van der Waals surface area contributed by atoms with Crippen molar-refractivity contribution < 1.29 is 5.11 Å². The van der Waals surface area contributed by atoms with Crippen molar-refractivity contribution in [1.29, 1.82) is 0 Å². The molecule has 1 aliphatic rings. The number of aliphatic hydroxyl groups is 1. The SMILES string of the molecule is CCCCCCCCC1(O)CSCCC1(C)C. The highest BCUT2D eigenvalue weighted by Gasteiger charge is 2.44. The van der Waals surface area contributed by atoms with Crippen molar-refractivity contribution in [3.8, 4) is 0 Å². The fourth-order valence-corrected chi connectivity index (χ4v) is 4.28. The van der Waals surface area contributed by atoms with Crippen LogP contribution in [0.4, 0.5) is 0 Å². The first kappa shape index (κ1) is 15.4. The van der Waals surface area contributed by atoms with Gasteiger partial charge in [-0.15, -0.1) is 0 Å². The van der Waals surface area contributed by atoms with Gasteiger partial charge in [0.1, 0.15) is 0 Å². The Balaban J connectivity index is 2.24. The van der Waals surface area contributed by atoms with Gasteiger partial charge in [-0.3, -0.25) is 0 Å². The molecule has 2 heteroatoms.